The Morgan fingerprint density at radius 2 is 2.60 bits per heavy atom. The average molecular weight is 141 g/mol. The van der Waals surface area contributed by atoms with Crippen molar-refractivity contribution < 1.29 is 9.63 Å². The van der Waals surface area contributed by atoms with Gasteiger partial charge < -0.3 is 10.6 Å². The fraction of sp³-hybridized carbons (Fsp3) is 0.200. The van der Waals surface area contributed by atoms with Gasteiger partial charge in [-0.1, -0.05) is 0 Å². The molecule has 1 heterocycles. The molecule has 54 valence electrons. The van der Waals surface area contributed by atoms with Crippen LogP contribution >= 0.6 is 0 Å². The molecule has 5 heteroatoms. The van der Waals surface area contributed by atoms with Crippen LogP contribution in [0.1, 0.15) is 0 Å². The second kappa shape index (κ2) is 2.86. The molecule has 0 bridgehead atoms. The van der Waals surface area contributed by atoms with E-state index in [1.165, 1.54) is 11.4 Å². The first-order chi connectivity index (χ1) is 4.79. The Kier molecular flexibility index (Phi) is 1.89. The topological polar surface area (TPSA) is 67.9 Å². The van der Waals surface area contributed by atoms with Gasteiger partial charge in [0, 0.05) is 6.20 Å². The Balaban J connectivity index is 2.37. The summed E-state index contributed by atoms with van der Waals surface area (Å²) in [6.07, 6.45) is 3.90. The van der Waals surface area contributed by atoms with Crippen LogP contribution < -0.4 is 5.73 Å². The van der Waals surface area contributed by atoms with Gasteiger partial charge in [0.15, 0.2) is 0 Å². The molecular formula is C5H7N3O2. The summed E-state index contributed by atoms with van der Waals surface area (Å²) in [6.45, 7) is 0.492. The predicted octanol–water partition coefficient (Wildman–Crippen LogP) is -0.146. The van der Waals surface area contributed by atoms with Gasteiger partial charge in [0.1, 0.15) is 6.34 Å². The Morgan fingerprint density at radius 3 is 3.10 bits per heavy atom. The van der Waals surface area contributed by atoms with Crippen LogP contribution in [0.5, 0.6) is 0 Å². The number of amides is 1. The van der Waals surface area contributed by atoms with Crippen molar-refractivity contribution >= 4 is 12.4 Å². The van der Waals surface area contributed by atoms with Gasteiger partial charge in [-0.05, 0) is 6.08 Å². The highest BCUT2D eigenvalue weighted by atomic mass is 16.7. The zero-order valence-corrected chi connectivity index (χ0v) is 5.23. The first-order valence-electron chi connectivity index (χ1n) is 2.71. The van der Waals surface area contributed by atoms with Gasteiger partial charge in [0.05, 0.1) is 6.54 Å². The van der Waals surface area contributed by atoms with Gasteiger partial charge in [0.2, 0.25) is 0 Å². The largest absolute Gasteiger partial charge is 0.429 e. The third-order valence-electron chi connectivity index (χ3n) is 0.880. The smallest absolute Gasteiger partial charge is 0.333 e. The first kappa shape index (κ1) is 6.60. The van der Waals surface area contributed by atoms with E-state index < -0.39 is 6.09 Å². The number of primary amides is 1. The highest BCUT2D eigenvalue weighted by Crippen LogP contribution is 1.92. The summed E-state index contributed by atoms with van der Waals surface area (Å²) in [7, 11) is 0. The third kappa shape index (κ3) is 1.77. The summed E-state index contributed by atoms with van der Waals surface area (Å²) in [6, 6.07) is 0. The highest BCUT2D eigenvalue weighted by molar-refractivity contribution is 5.67. The van der Waals surface area contributed by atoms with Gasteiger partial charge in [-0.15, -0.1) is 0 Å². The summed E-state index contributed by atoms with van der Waals surface area (Å²) in [5.74, 6) is 0. The minimum absolute atomic E-state index is 0.492. The van der Waals surface area contributed by atoms with E-state index in [1.54, 1.807) is 12.3 Å². The molecule has 0 unspecified atom stereocenters. The number of rotatable bonds is 1. The zero-order valence-electron chi connectivity index (χ0n) is 5.23. The molecule has 0 aromatic carbocycles. The van der Waals surface area contributed by atoms with Crippen molar-refractivity contribution in [2.45, 2.75) is 0 Å². The summed E-state index contributed by atoms with van der Waals surface area (Å²) in [4.78, 5) is 18.3. The van der Waals surface area contributed by atoms with Gasteiger partial charge in [0.25, 0.3) is 0 Å². The van der Waals surface area contributed by atoms with E-state index in [2.05, 4.69) is 9.83 Å². The van der Waals surface area contributed by atoms with Crippen molar-refractivity contribution in [3.8, 4) is 0 Å². The fourth-order valence-corrected chi connectivity index (χ4v) is 0.548. The van der Waals surface area contributed by atoms with Crippen LogP contribution in [0.25, 0.3) is 0 Å². The van der Waals surface area contributed by atoms with Crippen LogP contribution in [-0.4, -0.2) is 24.0 Å². The molecule has 1 amide bonds. The molecule has 5 nitrogen and oxygen atoms in total. The number of hydrogen-bond acceptors (Lipinski definition) is 4. The molecule has 2 N–H and O–H groups in total. The van der Waals surface area contributed by atoms with Crippen LogP contribution in [0.15, 0.2) is 17.3 Å². The van der Waals surface area contributed by atoms with Gasteiger partial charge in [-0.3, -0.25) is 0 Å². The van der Waals surface area contributed by atoms with E-state index in [0.29, 0.717) is 6.54 Å². The molecule has 1 aliphatic heterocycles. The molecule has 0 saturated heterocycles. The molecule has 0 radical (unpaired) electrons. The molecule has 0 spiro atoms. The van der Waals surface area contributed by atoms with Gasteiger partial charge >= 0.3 is 6.09 Å². The van der Waals surface area contributed by atoms with Crippen LogP contribution in [0, 0.1) is 0 Å². The quantitative estimate of drug-likeness (QED) is 0.552. The number of nitrogens with zero attached hydrogens (tertiary/aromatic N) is 2. The van der Waals surface area contributed by atoms with E-state index in [4.69, 9.17) is 5.73 Å². The van der Waals surface area contributed by atoms with Gasteiger partial charge in [-0.2, -0.15) is 5.06 Å². The summed E-state index contributed by atoms with van der Waals surface area (Å²) in [5, 5.41) is 1.24. The Hall–Kier alpha value is -1.52. The van der Waals surface area contributed by atoms with Crippen molar-refractivity contribution in [2.75, 3.05) is 6.54 Å². The van der Waals surface area contributed by atoms with Crippen LogP contribution in [0.3, 0.4) is 0 Å². The maximum atomic E-state index is 10.1. The minimum atomic E-state index is -0.832. The molecule has 0 aromatic rings. The maximum absolute atomic E-state index is 10.1. The van der Waals surface area contributed by atoms with E-state index in [-0.39, 0.29) is 0 Å². The molecular weight excluding hydrogens is 134 g/mol. The zero-order chi connectivity index (χ0) is 7.40. The highest BCUT2D eigenvalue weighted by Gasteiger charge is 2.03. The number of aliphatic imine (C=N–C) groups is 1. The molecule has 0 aromatic heterocycles. The van der Waals surface area contributed by atoms with Crippen molar-refractivity contribution in [1.29, 1.82) is 0 Å². The lowest BCUT2D eigenvalue weighted by Crippen LogP contribution is -2.30. The third-order valence-corrected chi connectivity index (χ3v) is 0.880. The number of hydrogen-bond donors (Lipinski definition) is 1. The Labute approximate surface area is 57.7 Å². The maximum Gasteiger partial charge on any atom is 0.429 e. The molecule has 0 atom stereocenters. The number of hydroxylamine groups is 2. The van der Waals surface area contributed by atoms with Crippen LogP contribution in [0.2, 0.25) is 0 Å². The average Bonchev–Trinajstić information content (AvgIpc) is 1.88. The Morgan fingerprint density at radius 1 is 1.80 bits per heavy atom. The lowest BCUT2D eigenvalue weighted by Gasteiger charge is -2.15. The molecule has 1 aliphatic rings. The lowest BCUT2D eigenvalue weighted by molar-refractivity contribution is -0.0173. The standard InChI is InChI=1S/C5H7N3O2/c6-5(9)10-8-3-1-2-7-4-8/h1-2,4H,3H2,(H2,6,9). The van der Waals surface area contributed by atoms with Crippen LogP contribution in [0.4, 0.5) is 4.79 Å². The molecule has 0 saturated carbocycles. The van der Waals surface area contributed by atoms with Crippen LogP contribution in [-0.2, 0) is 4.84 Å². The van der Waals surface area contributed by atoms with E-state index in [1.807, 2.05) is 0 Å². The van der Waals surface area contributed by atoms with Crippen molar-refractivity contribution in [1.82, 2.24) is 5.06 Å². The summed E-state index contributed by atoms with van der Waals surface area (Å²) in [5.41, 5.74) is 4.73. The molecule has 0 aliphatic carbocycles. The fourth-order valence-electron chi connectivity index (χ4n) is 0.548. The molecule has 0 fully saturated rings. The second-order valence-corrected chi connectivity index (χ2v) is 1.66. The normalized spacial score (nSPS) is 15.4. The van der Waals surface area contributed by atoms with E-state index in [9.17, 15) is 4.79 Å². The molecule has 1 rings (SSSR count). The lowest BCUT2D eigenvalue weighted by atomic mass is 10.5. The summed E-state index contributed by atoms with van der Waals surface area (Å²) >= 11 is 0. The second-order valence-electron chi connectivity index (χ2n) is 1.66. The number of nitrogens with two attached hydrogens (primary N) is 1. The molecule has 10 heavy (non-hydrogen) atoms. The van der Waals surface area contributed by atoms with E-state index >= 15 is 0 Å². The van der Waals surface area contributed by atoms with Crippen molar-refractivity contribution in [3.63, 3.8) is 0 Å². The van der Waals surface area contributed by atoms with Crippen molar-refractivity contribution in [3.05, 3.63) is 12.3 Å². The Bertz CT molecular complexity index is 187. The van der Waals surface area contributed by atoms with Crippen molar-refractivity contribution in [2.24, 2.45) is 10.7 Å². The predicted molar refractivity (Wildman–Crippen MR) is 35.0 cm³/mol. The summed E-state index contributed by atoms with van der Waals surface area (Å²) < 4.78 is 0. The number of carbonyl (C=O) groups is 1. The first-order valence-corrected chi connectivity index (χ1v) is 2.71. The SMILES string of the molecule is NC(=O)ON1C=NC=CC1. The monoisotopic (exact) mass is 141 g/mol. The van der Waals surface area contributed by atoms with E-state index in [0.717, 1.165) is 0 Å². The van der Waals surface area contributed by atoms with Gasteiger partial charge in [-0.25, -0.2) is 9.79 Å². The minimum Gasteiger partial charge on any atom is -0.333 e. The number of carbonyl (C=O) groups excluding carboxylic acids is 1.